The minimum Gasteiger partial charge on any atom is -0.493 e. The van der Waals surface area contributed by atoms with Crippen molar-refractivity contribution in [1.82, 2.24) is 0 Å². The van der Waals surface area contributed by atoms with Gasteiger partial charge in [0.25, 0.3) is 0 Å². The molecule has 4 heteroatoms. The van der Waals surface area contributed by atoms with Gasteiger partial charge in [0.05, 0.1) is 26.2 Å². The van der Waals surface area contributed by atoms with Crippen LogP contribution in [0.5, 0.6) is 11.5 Å². The molecule has 1 atom stereocenters. The van der Waals surface area contributed by atoms with Gasteiger partial charge in [0, 0.05) is 25.3 Å². The second kappa shape index (κ2) is 6.75. The van der Waals surface area contributed by atoms with E-state index in [1.807, 2.05) is 32.2 Å². The summed E-state index contributed by atoms with van der Waals surface area (Å²) in [5.41, 5.74) is 1.02. The number of ether oxygens (including phenoxy) is 2. The van der Waals surface area contributed by atoms with E-state index in [2.05, 4.69) is 11.0 Å². The Morgan fingerprint density at radius 2 is 1.94 bits per heavy atom. The predicted octanol–water partition coefficient (Wildman–Crippen LogP) is 2.69. The number of hydrogen-bond donors (Lipinski definition) is 0. The zero-order valence-electron chi connectivity index (χ0n) is 11.4. The van der Waals surface area contributed by atoms with Crippen LogP contribution in [-0.2, 0) is 0 Å². The fraction of sp³-hybridized carbons (Fsp3) is 0.500. The summed E-state index contributed by atoms with van der Waals surface area (Å²) in [6.07, 6.45) is 0.855. The molecule has 1 aromatic rings. The molecular weight excluding hydrogens is 228 g/mol. The first-order chi connectivity index (χ1) is 8.65. The Kier molecular flexibility index (Phi) is 5.31. The summed E-state index contributed by atoms with van der Waals surface area (Å²) in [4.78, 5) is 2.05. The second-order valence-electron chi connectivity index (χ2n) is 4.15. The third-order valence-electron chi connectivity index (χ3n) is 2.98. The molecule has 0 saturated carbocycles. The third-order valence-corrected chi connectivity index (χ3v) is 2.98. The lowest BCUT2D eigenvalue weighted by Crippen LogP contribution is -2.24. The molecule has 1 aromatic carbocycles. The van der Waals surface area contributed by atoms with Gasteiger partial charge in [-0.25, -0.2) is 0 Å². The number of anilines is 1. The molecule has 98 valence electrons. The number of hydrogen-bond acceptors (Lipinski definition) is 4. The maximum Gasteiger partial charge on any atom is 0.162 e. The van der Waals surface area contributed by atoms with Gasteiger partial charge < -0.3 is 14.4 Å². The van der Waals surface area contributed by atoms with Gasteiger partial charge in [-0.1, -0.05) is 6.92 Å². The van der Waals surface area contributed by atoms with E-state index in [-0.39, 0.29) is 5.92 Å². The molecule has 0 amide bonds. The molecule has 1 rings (SSSR count). The Labute approximate surface area is 109 Å². The van der Waals surface area contributed by atoms with Crippen molar-refractivity contribution < 1.29 is 9.47 Å². The van der Waals surface area contributed by atoms with Crippen molar-refractivity contribution in [3.05, 3.63) is 18.2 Å². The highest BCUT2D eigenvalue weighted by Crippen LogP contribution is 2.31. The van der Waals surface area contributed by atoms with Crippen LogP contribution in [0.15, 0.2) is 18.2 Å². The van der Waals surface area contributed by atoms with E-state index in [0.29, 0.717) is 18.0 Å². The molecule has 0 aromatic heterocycles. The van der Waals surface area contributed by atoms with Gasteiger partial charge in [0.1, 0.15) is 0 Å². The van der Waals surface area contributed by atoms with E-state index in [9.17, 15) is 0 Å². The van der Waals surface area contributed by atoms with Crippen molar-refractivity contribution in [2.45, 2.75) is 13.3 Å². The van der Waals surface area contributed by atoms with E-state index >= 15 is 0 Å². The van der Waals surface area contributed by atoms with Gasteiger partial charge in [-0.05, 0) is 18.6 Å². The lowest BCUT2D eigenvalue weighted by Gasteiger charge is -2.22. The highest BCUT2D eigenvalue weighted by atomic mass is 16.5. The van der Waals surface area contributed by atoms with E-state index in [4.69, 9.17) is 14.7 Å². The first kappa shape index (κ1) is 14.2. The van der Waals surface area contributed by atoms with Crippen LogP contribution in [0, 0.1) is 17.2 Å². The minimum atomic E-state index is 0.0445. The first-order valence-electron chi connectivity index (χ1n) is 5.99. The van der Waals surface area contributed by atoms with Crippen LogP contribution in [0.25, 0.3) is 0 Å². The zero-order valence-corrected chi connectivity index (χ0v) is 11.4. The Morgan fingerprint density at radius 3 is 2.44 bits per heavy atom. The van der Waals surface area contributed by atoms with Gasteiger partial charge in [0.15, 0.2) is 11.5 Å². The smallest absolute Gasteiger partial charge is 0.162 e. The minimum absolute atomic E-state index is 0.0445. The average molecular weight is 248 g/mol. The van der Waals surface area contributed by atoms with Gasteiger partial charge in [-0.15, -0.1) is 0 Å². The largest absolute Gasteiger partial charge is 0.493 e. The van der Waals surface area contributed by atoms with Gasteiger partial charge in [0.2, 0.25) is 0 Å². The maximum absolute atomic E-state index is 8.98. The quantitative estimate of drug-likeness (QED) is 0.776. The number of benzene rings is 1. The molecule has 0 fully saturated rings. The lowest BCUT2D eigenvalue weighted by molar-refractivity contribution is 0.355. The normalized spacial score (nSPS) is 11.5. The fourth-order valence-electron chi connectivity index (χ4n) is 1.76. The van der Waals surface area contributed by atoms with Crippen LogP contribution in [0.4, 0.5) is 5.69 Å². The number of methoxy groups -OCH3 is 2. The van der Waals surface area contributed by atoms with Gasteiger partial charge in [-0.3, -0.25) is 0 Å². The Balaban J connectivity index is 2.86. The summed E-state index contributed by atoms with van der Waals surface area (Å²) >= 11 is 0. The monoisotopic (exact) mass is 248 g/mol. The summed E-state index contributed by atoms with van der Waals surface area (Å²) in [5, 5.41) is 8.98. The lowest BCUT2D eigenvalue weighted by atomic mass is 10.1. The van der Waals surface area contributed by atoms with E-state index in [1.165, 1.54) is 0 Å². The molecule has 0 aliphatic rings. The summed E-state index contributed by atoms with van der Waals surface area (Å²) in [6.45, 7) is 2.73. The Morgan fingerprint density at radius 1 is 1.28 bits per heavy atom. The van der Waals surface area contributed by atoms with Gasteiger partial charge >= 0.3 is 0 Å². The van der Waals surface area contributed by atoms with E-state index in [1.54, 1.807) is 14.2 Å². The van der Waals surface area contributed by atoms with Crippen LogP contribution in [0.3, 0.4) is 0 Å². The van der Waals surface area contributed by atoms with Crippen molar-refractivity contribution >= 4 is 5.69 Å². The highest BCUT2D eigenvalue weighted by Gasteiger charge is 2.11. The van der Waals surface area contributed by atoms with Gasteiger partial charge in [-0.2, -0.15) is 5.26 Å². The predicted molar refractivity (Wildman–Crippen MR) is 72.2 cm³/mol. The molecular formula is C14H20N2O2. The van der Waals surface area contributed by atoms with Crippen LogP contribution < -0.4 is 14.4 Å². The summed E-state index contributed by atoms with van der Waals surface area (Å²) in [7, 11) is 5.21. The van der Waals surface area contributed by atoms with Crippen LogP contribution in [-0.4, -0.2) is 27.8 Å². The molecule has 0 aliphatic carbocycles. The number of nitrogens with zero attached hydrogens (tertiary/aromatic N) is 2. The molecule has 0 saturated heterocycles. The topological polar surface area (TPSA) is 45.5 Å². The van der Waals surface area contributed by atoms with E-state index < -0.39 is 0 Å². The molecule has 0 N–H and O–H groups in total. The van der Waals surface area contributed by atoms with Crippen LogP contribution in [0.2, 0.25) is 0 Å². The van der Waals surface area contributed by atoms with Crippen molar-refractivity contribution in [1.29, 1.82) is 5.26 Å². The molecule has 0 radical (unpaired) electrons. The number of rotatable bonds is 6. The van der Waals surface area contributed by atoms with Crippen molar-refractivity contribution in [2.75, 3.05) is 32.7 Å². The van der Waals surface area contributed by atoms with Crippen LogP contribution in [0.1, 0.15) is 13.3 Å². The maximum atomic E-state index is 8.98. The standard InChI is InChI=1S/C14H20N2O2/c1-5-11(9-15)10-16(2)12-6-7-13(17-3)14(8-12)18-4/h6-8,11H,5,10H2,1-4H3. The summed E-state index contributed by atoms with van der Waals surface area (Å²) < 4.78 is 10.5. The van der Waals surface area contributed by atoms with Crippen molar-refractivity contribution in [3.8, 4) is 17.6 Å². The Hall–Kier alpha value is -1.89. The number of nitriles is 1. The molecule has 4 nitrogen and oxygen atoms in total. The van der Waals surface area contributed by atoms with Crippen LogP contribution >= 0.6 is 0 Å². The molecule has 0 aliphatic heterocycles. The fourth-order valence-corrected chi connectivity index (χ4v) is 1.76. The summed E-state index contributed by atoms with van der Waals surface area (Å²) in [6, 6.07) is 8.06. The second-order valence-corrected chi connectivity index (χ2v) is 4.15. The molecule has 0 heterocycles. The molecule has 0 bridgehead atoms. The Bertz CT molecular complexity index is 426. The average Bonchev–Trinajstić information content (AvgIpc) is 2.43. The van der Waals surface area contributed by atoms with Crippen molar-refractivity contribution in [2.24, 2.45) is 5.92 Å². The SMILES string of the molecule is CCC(C#N)CN(C)c1ccc(OC)c(OC)c1. The first-order valence-corrected chi connectivity index (χ1v) is 5.99. The third kappa shape index (κ3) is 3.30. The van der Waals surface area contributed by atoms with E-state index in [0.717, 1.165) is 12.1 Å². The molecule has 1 unspecified atom stereocenters. The zero-order chi connectivity index (χ0) is 13.5. The molecule has 18 heavy (non-hydrogen) atoms. The molecule has 0 spiro atoms. The van der Waals surface area contributed by atoms with Crippen molar-refractivity contribution in [3.63, 3.8) is 0 Å². The summed E-state index contributed by atoms with van der Waals surface area (Å²) in [5.74, 6) is 1.46. The highest BCUT2D eigenvalue weighted by molar-refractivity contribution is 5.56.